The summed E-state index contributed by atoms with van der Waals surface area (Å²) < 4.78 is 16.6. The molecule has 218 valence electrons. The smallest absolute Gasteiger partial charge is 0.339 e. The molecule has 0 amide bonds. The zero-order valence-electron chi connectivity index (χ0n) is 25.1. The number of aliphatic hydroxyl groups is 1. The predicted octanol–water partition coefficient (Wildman–Crippen LogP) is 6.77. The van der Waals surface area contributed by atoms with E-state index in [1.165, 1.54) is 0 Å². The zero-order chi connectivity index (χ0) is 28.6. The summed E-state index contributed by atoms with van der Waals surface area (Å²) in [6, 6.07) is 0. The van der Waals surface area contributed by atoms with Gasteiger partial charge in [-0.05, 0) is 57.8 Å². The van der Waals surface area contributed by atoms with Crippen LogP contribution in [0.5, 0.6) is 0 Å². The maximum atomic E-state index is 13.1. The lowest BCUT2D eigenvalue weighted by Gasteiger charge is -2.28. The highest BCUT2D eigenvalue weighted by atomic mass is 16.6. The lowest BCUT2D eigenvalue weighted by atomic mass is 9.94. The van der Waals surface area contributed by atoms with Gasteiger partial charge < -0.3 is 19.3 Å². The Bertz CT molecular complexity index is 614. The standard InChI is InChI=1S/C30H56O7/c1-10-24(11-2)16-21(7)35-27(31)19-30(34,29(33)37-23(9)18-26(14-5)15-6)20-28(32)36-22(8)17-25(12-3)13-4/h21-26,34H,10-20H2,1-9H3. The first kappa shape index (κ1) is 35.4. The summed E-state index contributed by atoms with van der Waals surface area (Å²) in [7, 11) is 0. The van der Waals surface area contributed by atoms with Crippen LogP contribution in [0.4, 0.5) is 0 Å². The van der Waals surface area contributed by atoms with Gasteiger partial charge in [0.25, 0.3) is 0 Å². The minimum Gasteiger partial charge on any atom is -0.463 e. The largest absolute Gasteiger partial charge is 0.463 e. The second kappa shape index (κ2) is 18.6. The molecule has 0 aromatic heterocycles. The lowest BCUT2D eigenvalue weighted by Crippen LogP contribution is -2.46. The number of ether oxygens (including phenoxy) is 3. The quantitative estimate of drug-likeness (QED) is 0.137. The molecule has 1 N–H and O–H groups in total. The van der Waals surface area contributed by atoms with Crippen LogP contribution in [0.3, 0.4) is 0 Å². The molecule has 3 atom stereocenters. The summed E-state index contributed by atoms with van der Waals surface area (Å²) in [4.78, 5) is 38.7. The second-order valence-electron chi connectivity index (χ2n) is 11.0. The van der Waals surface area contributed by atoms with Gasteiger partial charge in [0.1, 0.15) is 0 Å². The Kier molecular flexibility index (Phi) is 17.8. The van der Waals surface area contributed by atoms with Crippen LogP contribution in [0.2, 0.25) is 0 Å². The molecule has 0 spiro atoms. The second-order valence-corrected chi connectivity index (χ2v) is 11.0. The molecular formula is C30H56O7. The van der Waals surface area contributed by atoms with Crippen LogP contribution in [0, 0.1) is 17.8 Å². The fourth-order valence-corrected chi connectivity index (χ4v) is 4.93. The van der Waals surface area contributed by atoms with Crippen LogP contribution < -0.4 is 0 Å². The molecule has 3 unspecified atom stereocenters. The molecule has 0 aromatic carbocycles. The molecule has 0 aliphatic carbocycles. The van der Waals surface area contributed by atoms with E-state index in [-0.39, 0.29) is 12.2 Å². The number of esters is 3. The minimum atomic E-state index is -2.35. The molecule has 37 heavy (non-hydrogen) atoms. The van der Waals surface area contributed by atoms with Crippen LogP contribution in [0.25, 0.3) is 0 Å². The Balaban J connectivity index is 5.49. The van der Waals surface area contributed by atoms with Crippen molar-refractivity contribution in [3.63, 3.8) is 0 Å². The number of hydrogen-bond donors (Lipinski definition) is 1. The van der Waals surface area contributed by atoms with Gasteiger partial charge in [0.15, 0.2) is 5.60 Å². The molecule has 0 aromatic rings. The fourth-order valence-electron chi connectivity index (χ4n) is 4.93. The van der Waals surface area contributed by atoms with Crippen molar-refractivity contribution >= 4 is 17.9 Å². The van der Waals surface area contributed by atoms with E-state index in [1.54, 1.807) is 20.8 Å². The summed E-state index contributed by atoms with van der Waals surface area (Å²) in [5, 5.41) is 11.3. The summed E-state index contributed by atoms with van der Waals surface area (Å²) in [6.07, 6.45) is 5.33. The maximum absolute atomic E-state index is 13.1. The van der Waals surface area contributed by atoms with E-state index in [9.17, 15) is 19.5 Å². The molecule has 0 radical (unpaired) electrons. The van der Waals surface area contributed by atoms with Gasteiger partial charge in [0.05, 0.1) is 31.2 Å². The van der Waals surface area contributed by atoms with Crippen molar-refractivity contribution < 1.29 is 33.7 Å². The molecule has 0 aliphatic heterocycles. The van der Waals surface area contributed by atoms with Crippen molar-refractivity contribution in [2.24, 2.45) is 17.8 Å². The van der Waals surface area contributed by atoms with Crippen molar-refractivity contribution in [2.75, 3.05) is 0 Å². The van der Waals surface area contributed by atoms with Gasteiger partial charge in [-0.3, -0.25) is 9.59 Å². The molecular weight excluding hydrogens is 472 g/mol. The Morgan fingerprint density at radius 1 is 0.568 bits per heavy atom. The Hall–Kier alpha value is -1.63. The highest BCUT2D eigenvalue weighted by Gasteiger charge is 2.44. The van der Waals surface area contributed by atoms with E-state index in [2.05, 4.69) is 41.5 Å². The van der Waals surface area contributed by atoms with Gasteiger partial charge in [-0.15, -0.1) is 0 Å². The van der Waals surface area contributed by atoms with Crippen LogP contribution in [0.1, 0.15) is 133 Å². The number of carbonyl (C=O) groups is 3. The fraction of sp³-hybridized carbons (Fsp3) is 0.900. The van der Waals surface area contributed by atoms with Crippen LogP contribution in [0.15, 0.2) is 0 Å². The summed E-state index contributed by atoms with van der Waals surface area (Å²) >= 11 is 0. The monoisotopic (exact) mass is 528 g/mol. The highest BCUT2D eigenvalue weighted by Crippen LogP contribution is 2.25. The van der Waals surface area contributed by atoms with E-state index in [1.807, 2.05) is 0 Å². The molecule has 0 rings (SSSR count). The lowest BCUT2D eigenvalue weighted by molar-refractivity contribution is -0.183. The molecule has 0 aliphatic rings. The maximum Gasteiger partial charge on any atom is 0.339 e. The van der Waals surface area contributed by atoms with Gasteiger partial charge in [-0.25, -0.2) is 4.79 Å². The minimum absolute atomic E-state index is 0.363. The van der Waals surface area contributed by atoms with E-state index in [0.717, 1.165) is 38.5 Å². The normalized spacial score (nSPS) is 15.8. The van der Waals surface area contributed by atoms with Gasteiger partial charge in [0.2, 0.25) is 0 Å². The first-order chi connectivity index (χ1) is 17.4. The highest BCUT2D eigenvalue weighted by molar-refractivity contribution is 5.90. The van der Waals surface area contributed by atoms with Gasteiger partial charge in [-0.2, -0.15) is 0 Å². The van der Waals surface area contributed by atoms with Crippen molar-refractivity contribution in [1.29, 1.82) is 0 Å². The molecule has 7 nitrogen and oxygen atoms in total. The third-order valence-corrected chi connectivity index (χ3v) is 7.69. The first-order valence-electron chi connectivity index (χ1n) is 14.7. The topological polar surface area (TPSA) is 99.1 Å². The Labute approximate surface area is 226 Å². The van der Waals surface area contributed by atoms with Crippen molar-refractivity contribution in [1.82, 2.24) is 0 Å². The molecule has 7 heteroatoms. The van der Waals surface area contributed by atoms with E-state index < -0.39 is 42.5 Å². The Morgan fingerprint density at radius 3 is 1.11 bits per heavy atom. The van der Waals surface area contributed by atoms with Gasteiger partial charge in [0, 0.05) is 0 Å². The first-order valence-corrected chi connectivity index (χ1v) is 14.7. The molecule has 0 saturated carbocycles. The zero-order valence-corrected chi connectivity index (χ0v) is 25.1. The van der Waals surface area contributed by atoms with Crippen molar-refractivity contribution in [2.45, 2.75) is 157 Å². The summed E-state index contributed by atoms with van der Waals surface area (Å²) in [5.74, 6) is -1.23. The summed E-state index contributed by atoms with van der Waals surface area (Å²) in [5.41, 5.74) is -2.35. The Morgan fingerprint density at radius 2 is 0.838 bits per heavy atom. The van der Waals surface area contributed by atoms with E-state index >= 15 is 0 Å². The van der Waals surface area contributed by atoms with Crippen molar-refractivity contribution in [3.05, 3.63) is 0 Å². The average molecular weight is 529 g/mol. The number of carbonyl (C=O) groups excluding carboxylic acids is 3. The molecule has 0 heterocycles. The predicted molar refractivity (Wildman–Crippen MR) is 147 cm³/mol. The SMILES string of the molecule is CCC(CC)CC(C)OC(=O)CC(O)(CC(=O)OC(C)CC(CC)CC)C(=O)OC(C)CC(CC)CC. The third kappa shape index (κ3) is 14.2. The van der Waals surface area contributed by atoms with E-state index in [4.69, 9.17) is 14.2 Å². The number of rotatable bonds is 20. The molecule has 0 bridgehead atoms. The van der Waals surface area contributed by atoms with Gasteiger partial charge >= 0.3 is 17.9 Å². The van der Waals surface area contributed by atoms with E-state index in [0.29, 0.717) is 37.0 Å². The van der Waals surface area contributed by atoms with Crippen LogP contribution >= 0.6 is 0 Å². The van der Waals surface area contributed by atoms with Crippen molar-refractivity contribution in [3.8, 4) is 0 Å². The number of hydrogen-bond acceptors (Lipinski definition) is 7. The summed E-state index contributed by atoms with van der Waals surface area (Å²) in [6.45, 7) is 17.9. The third-order valence-electron chi connectivity index (χ3n) is 7.69. The molecule has 0 fully saturated rings. The van der Waals surface area contributed by atoms with Crippen LogP contribution in [-0.4, -0.2) is 46.9 Å². The van der Waals surface area contributed by atoms with Crippen LogP contribution in [-0.2, 0) is 28.6 Å². The molecule has 0 saturated heterocycles. The average Bonchev–Trinajstić information content (AvgIpc) is 2.83. The van der Waals surface area contributed by atoms with Gasteiger partial charge in [-0.1, -0.05) is 80.1 Å².